The molecular weight excluding hydrogens is 421 g/mol. The highest BCUT2D eigenvalue weighted by Gasteiger charge is 2.24. The standard InChI is InChI=1S/C20H13Cl2NO4S/c1-12-9-10-15-17(11-12)26-20(23-15)13-5-2-3-7-16(13)27-28(24,25)18-8-4-6-14(21)19(18)22/h2-11H,1H3. The fourth-order valence-electron chi connectivity index (χ4n) is 2.70. The van der Waals surface area contributed by atoms with Crippen LogP contribution < -0.4 is 4.18 Å². The van der Waals surface area contributed by atoms with E-state index in [1.807, 2.05) is 25.1 Å². The molecule has 0 bridgehead atoms. The molecule has 0 aliphatic heterocycles. The second kappa shape index (κ2) is 7.13. The fraction of sp³-hybridized carbons (Fsp3) is 0.0500. The zero-order valence-electron chi connectivity index (χ0n) is 14.5. The Morgan fingerprint density at radius 1 is 1.00 bits per heavy atom. The summed E-state index contributed by atoms with van der Waals surface area (Å²) in [4.78, 5) is 4.21. The maximum Gasteiger partial charge on any atom is 0.340 e. The smallest absolute Gasteiger partial charge is 0.340 e. The molecular formula is C20H13Cl2NO4S. The summed E-state index contributed by atoms with van der Waals surface area (Å²) >= 11 is 12.0. The van der Waals surface area contributed by atoms with E-state index in [0.29, 0.717) is 16.7 Å². The number of fused-ring (bicyclic) bond motifs is 1. The molecule has 0 N–H and O–H groups in total. The van der Waals surface area contributed by atoms with Crippen molar-refractivity contribution < 1.29 is 17.0 Å². The Labute approximate surface area is 171 Å². The third-order valence-corrected chi connectivity index (χ3v) is 6.26. The number of aryl methyl sites for hydroxylation is 1. The zero-order chi connectivity index (χ0) is 19.9. The number of para-hydroxylation sites is 1. The van der Waals surface area contributed by atoms with Crippen molar-refractivity contribution in [1.29, 1.82) is 0 Å². The largest absolute Gasteiger partial charge is 0.436 e. The van der Waals surface area contributed by atoms with Gasteiger partial charge in [-0.15, -0.1) is 0 Å². The predicted octanol–water partition coefficient (Wildman–Crippen LogP) is 5.88. The molecule has 0 fully saturated rings. The first-order valence-corrected chi connectivity index (χ1v) is 10.4. The Bertz CT molecular complexity index is 1300. The van der Waals surface area contributed by atoms with Crippen LogP contribution in [-0.2, 0) is 10.1 Å². The first-order chi connectivity index (χ1) is 13.3. The van der Waals surface area contributed by atoms with Gasteiger partial charge in [0, 0.05) is 0 Å². The van der Waals surface area contributed by atoms with Gasteiger partial charge in [-0.3, -0.25) is 0 Å². The van der Waals surface area contributed by atoms with Crippen molar-refractivity contribution in [3.05, 3.63) is 76.3 Å². The van der Waals surface area contributed by atoms with Gasteiger partial charge in [0.05, 0.1) is 15.6 Å². The average molecular weight is 434 g/mol. The summed E-state index contributed by atoms with van der Waals surface area (Å²) in [5.74, 6) is 0.324. The minimum absolute atomic E-state index is 0.0711. The molecule has 4 rings (SSSR count). The summed E-state index contributed by atoms with van der Waals surface area (Å²) < 4.78 is 36.7. The Kier molecular flexibility index (Phi) is 4.79. The minimum atomic E-state index is -4.22. The summed E-state index contributed by atoms with van der Waals surface area (Å²) in [7, 11) is -4.22. The molecule has 8 heteroatoms. The second-order valence-electron chi connectivity index (χ2n) is 6.08. The number of hydrogen-bond acceptors (Lipinski definition) is 5. The van der Waals surface area contributed by atoms with Crippen LogP contribution in [0.15, 0.2) is 70.0 Å². The van der Waals surface area contributed by atoms with E-state index in [-0.39, 0.29) is 26.6 Å². The van der Waals surface area contributed by atoms with Crippen molar-refractivity contribution in [3.8, 4) is 17.2 Å². The summed E-state index contributed by atoms with van der Waals surface area (Å²) in [5, 5.41) is 0.0212. The molecule has 1 heterocycles. The molecule has 0 amide bonds. The minimum Gasteiger partial charge on any atom is -0.436 e. The van der Waals surface area contributed by atoms with Crippen LogP contribution in [0, 0.1) is 6.92 Å². The fourth-order valence-corrected chi connectivity index (χ4v) is 4.39. The molecule has 0 aliphatic rings. The Hall–Kier alpha value is -2.54. The lowest BCUT2D eigenvalue weighted by Gasteiger charge is -2.11. The van der Waals surface area contributed by atoms with Crippen molar-refractivity contribution in [1.82, 2.24) is 4.98 Å². The molecule has 3 aromatic carbocycles. The quantitative estimate of drug-likeness (QED) is 0.376. The van der Waals surface area contributed by atoms with Gasteiger partial charge in [0.15, 0.2) is 11.3 Å². The van der Waals surface area contributed by atoms with Gasteiger partial charge in [0.25, 0.3) is 0 Å². The lowest BCUT2D eigenvalue weighted by Crippen LogP contribution is -2.11. The lowest BCUT2D eigenvalue weighted by molar-refractivity contribution is 0.485. The van der Waals surface area contributed by atoms with Crippen LogP contribution >= 0.6 is 23.2 Å². The number of hydrogen-bond donors (Lipinski definition) is 0. The van der Waals surface area contributed by atoms with E-state index >= 15 is 0 Å². The highest BCUT2D eigenvalue weighted by molar-refractivity contribution is 7.87. The first kappa shape index (κ1) is 18.8. The van der Waals surface area contributed by atoms with E-state index in [2.05, 4.69) is 4.98 Å². The zero-order valence-corrected chi connectivity index (χ0v) is 16.8. The molecule has 5 nitrogen and oxygen atoms in total. The molecule has 1 aromatic heterocycles. The van der Waals surface area contributed by atoms with Crippen LogP contribution in [0.3, 0.4) is 0 Å². The molecule has 0 spiro atoms. The molecule has 0 saturated heterocycles. The monoisotopic (exact) mass is 433 g/mol. The van der Waals surface area contributed by atoms with Gasteiger partial charge in [0.2, 0.25) is 5.89 Å². The van der Waals surface area contributed by atoms with E-state index in [9.17, 15) is 8.42 Å². The summed E-state index contributed by atoms with van der Waals surface area (Å²) in [6.45, 7) is 1.94. The third-order valence-electron chi connectivity index (χ3n) is 4.05. The second-order valence-corrected chi connectivity index (χ2v) is 8.38. The molecule has 0 atom stereocenters. The predicted molar refractivity (Wildman–Crippen MR) is 108 cm³/mol. The molecule has 0 unspecified atom stereocenters. The van der Waals surface area contributed by atoms with E-state index in [0.717, 1.165) is 5.56 Å². The normalized spacial score (nSPS) is 11.7. The van der Waals surface area contributed by atoms with Gasteiger partial charge in [-0.2, -0.15) is 8.42 Å². The lowest BCUT2D eigenvalue weighted by atomic mass is 10.2. The van der Waals surface area contributed by atoms with Crippen molar-refractivity contribution >= 4 is 44.4 Å². The maximum atomic E-state index is 12.8. The van der Waals surface area contributed by atoms with Crippen molar-refractivity contribution in [2.24, 2.45) is 0 Å². The van der Waals surface area contributed by atoms with Crippen LogP contribution in [-0.4, -0.2) is 13.4 Å². The van der Waals surface area contributed by atoms with Crippen molar-refractivity contribution in [3.63, 3.8) is 0 Å². The van der Waals surface area contributed by atoms with Crippen molar-refractivity contribution in [2.75, 3.05) is 0 Å². The van der Waals surface area contributed by atoms with E-state index in [4.69, 9.17) is 31.8 Å². The molecule has 0 radical (unpaired) electrons. The first-order valence-electron chi connectivity index (χ1n) is 8.20. The number of nitrogens with zero attached hydrogens (tertiary/aromatic N) is 1. The van der Waals surface area contributed by atoms with Crippen LogP contribution in [0.4, 0.5) is 0 Å². The third kappa shape index (κ3) is 3.46. The van der Waals surface area contributed by atoms with Crippen LogP contribution in [0.25, 0.3) is 22.6 Å². The number of aromatic nitrogens is 1. The number of halogens is 2. The molecule has 142 valence electrons. The topological polar surface area (TPSA) is 69.4 Å². The van der Waals surface area contributed by atoms with E-state index in [1.54, 1.807) is 18.2 Å². The van der Waals surface area contributed by atoms with Gasteiger partial charge < -0.3 is 8.60 Å². The molecule has 0 aliphatic carbocycles. The van der Waals surface area contributed by atoms with Gasteiger partial charge >= 0.3 is 10.1 Å². The Balaban J connectivity index is 1.78. The highest BCUT2D eigenvalue weighted by Crippen LogP contribution is 2.35. The van der Waals surface area contributed by atoms with E-state index in [1.165, 1.54) is 24.3 Å². The summed E-state index contributed by atoms with van der Waals surface area (Å²) in [5.41, 5.74) is 2.69. The Morgan fingerprint density at radius 2 is 1.79 bits per heavy atom. The van der Waals surface area contributed by atoms with Crippen LogP contribution in [0.5, 0.6) is 5.75 Å². The van der Waals surface area contributed by atoms with Gasteiger partial charge in [0.1, 0.15) is 10.4 Å². The van der Waals surface area contributed by atoms with Gasteiger partial charge in [-0.25, -0.2) is 4.98 Å². The number of benzene rings is 3. The summed E-state index contributed by atoms with van der Waals surface area (Å²) in [6, 6.07) is 16.5. The highest BCUT2D eigenvalue weighted by atomic mass is 35.5. The SMILES string of the molecule is Cc1ccc2nc(-c3ccccc3OS(=O)(=O)c3cccc(Cl)c3Cl)oc2c1. The maximum absolute atomic E-state index is 12.8. The number of rotatable bonds is 4. The summed E-state index contributed by atoms with van der Waals surface area (Å²) in [6.07, 6.45) is 0. The van der Waals surface area contributed by atoms with Crippen molar-refractivity contribution in [2.45, 2.75) is 11.8 Å². The molecule has 4 aromatic rings. The Morgan fingerprint density at radius 3 is 2.61 bits per heavy atom. The average Bonchev–Trinajstić information content (AvgIpc) is 3.07. The molecule has 0 saturated carbocycles. The van der Waals surface area contributed by atoms with Crippen LogP contribution in [0.1, 0.15) is 5.56 Å². The number of oxazole rings is 1. The molecule has 28 heavy (non-hydrogen) atoms. The van der Waals surface area contributed by atoms with E-state index < -0.39 is 10.1 Å². The van der Waals surface area contributed by atoms with Gasteiger partial charge in [-0.1, -0.05) is 47.5 Å². The van der Waals surface area contributed by atoms with Gasteiger partial charge in [-0.05, 0) is 48.9 Å². The van der Waals surface area contributed by atoms with Crippen LogP contribution in [0.2, 0.25) is 10.0 Å².